The lowest BCUT2D eigenvalue weighted by molar-refractivity contribution is -0.122. The van der Waals surface area contributed by atoms with Crippen molar-refractivity contribution in [2.45, 2.75) is 57.9 Å². The van der Waals surface area contributed by atoms with Crippen molar-refractivity contribution in [1.29, 1.82) is 0 Å². The molecule has 1 amide bonds. The van der Waals surface area contributed by atoms with Gasteiger partial charge in [-0.3, -0.25) is 4.79 Å². The van der Waals surface area contributed by atoms with Crippen molar-refractivity contribution in [2.24, 2.45) is 17.8 Å². The molecule has 2 bridgehead atoms. The number of para-hydroxylation sites is 1. The number of fused-ring (bicyclic) bond motifs is 3. The summed E-state index contributed by atoms with van der Waals surface area (Å²) in [4.78, 5) is 16.9. The van der Waals surface area contributed by atoms with E-state index in [1.165, 1.54) is 30.4 Å². The zero-order valence-corrected chi connectivity index (χ0v) is 15.1. The van der Waals surface area contributed by atoms with Gasteiger partial charge in [0.25, 0.3) is 0 Å². The van der Waals surface area contributed by atoms with Crippen molar-refractivity contribution in [3.63, 3.8) is 0 Å². The molecule has 2 fully saturated rings. The quantitative estimate of drug-likeness (QED) is 0.836. The van der Waals surface area contributed by atoms with Crippen molar-refractivity contribution in [2.75, 3.05) is 0 Å². The SMILES string of the molecule is CC(NC(=O)CCCc1nc2ccccc2s1)C1CC2CCC1C2. The van der Waals surface area contributed by atoms with E-state index in [9.17, 15) is 4.79 Å². The Balaban J connectivity index is 1.23. The first kappa shape index (κ1) is 16.1. The number of nitrogens with zero attached hydrogens (tertiary/aromatic N) is 1. The van der Waals surface area contributed by atoms with E-state index in [1.54, 1.807) is 11.3 Å². The Morgan fingerprint density at radius 3 is 2.96 bits per heavy atom. The molecule has 4 rings (SSSR count). The minimum absolute atomic E-state index is 0.214. The third-order valence-corrected chi connectivity index (χ3v) is 7.05. The number of hydrogen-bond donors (Lipinski definition) is 1. The summed E-state index contributed by atoms with van der Waals surface area (Å²) in [6.07, 6.45) is 7.93. The molecule has 0 saturated heterocycles. The predicted octanol–water partition coefficient (Wildman–Crippen LogP) is 4.56. The molecule has 2 aliphatic rings. The van der Waals surface area contributed by atoms with Gasteiger partial charge in [0.05, 0.1) is 15.2 Å². The molecule has 0 aliphatic heterocycles. The van der Waals surface area contributed by atoms with Crippen LogP contribution in [0.2, 0.25) is 0 Å². The highest BCUT2D eigenvalue weighted by atomic mass is 32.1. The number of carbonyl (C=O) groups is 1. The number of aromatic nitrogens is 1. The molecule has 3 nitrogen and oxygen atoms in total. The Bertz CT molecular complexity index is 692. The summed E-state index contributed by atoms with van der Waals surface area (Å²) in [6.45, 7) is 2.21. The average molecular weight is 343 g/mol. The van der Waals surface area contributed by atoms with Crippen LogP contribution in [0.1, 0.15) is 50.5 Å². The van der Waals surface area contributed by atoms with Gasteiger partial charge < -0.3 is 5.32 Å². The topological polar surface area (TPSA) is 42.0 Å². The van der Waals surface area contributed by atoms with Gasteiger partial charge in [0.2, 0.25) is 5.91 Å². The van der Waals surface area contributed by atoms with Crippen LogP contribution in [0.4, 0.5) is 0 Å². The monoisotopic (exact) mass is 342 g/mol. The molecule has 128 valence electrons. The van der Waals surface area contributed by atoms with Crippen LogP contribution >= 0.6 is 11.3 Å². The van der Waals surface area contributed by atoms with Gasteiger partial charge in [-0.1, -0.05) is 18.6 Å². The first-order valence-electron chi connectivity index (χ1n) is 9.33. The molecular formula is C20H26N2OS. The second-order valence-corrected chi connectivity index (χ2v) is 8.74. The first-order chi connectivity index (χ1) is 11.7. The van der Waals surface area contributed by atoms with Crippen LogP contribution < -0.4 is 5.32 Å². The lowest BCUT2D eigenvalue weighted by Crippen LogP contribution is -2.40. The van der Waals surface area contributed by atoms with E-state index in [1.807, 2.05) is 6.07 Å². The molecule has 4 unspecified atom stereocenters. The Morgan fingerprint density at radius 2 is 2.21 bits per heavy atom. The van der Waals surface area contributed by atoms with E-state index in [0.29, 0.717) is 12.5 Å². The summed E-state index contributed by atoms with van der Waals surface area (Å²) >= 11 is 1.75. The van der Waals surface area contributed by atoms with Gasteiger partial charge in [-0.2, -0.15) is 0 Å². The van der Waals surface area contributed by atoms with Crippen LogP contribution in [0.5, 0.6) is 0 Å². The maximum absolute atomic E-state index is 12.3. The van der Waals surface area contributed by atoms with Crippen LogP contribution in [0.25, 0.3) is 10.2 Å². The van der Waals surface area contributed by atoms with Crippen molar-refractivity contribution in [1.82, 2.24) is 10.3 Å². The molecule has 0 radical (unpaired) electrons. The van der Waals surface area contributed by atoms with Crippen LogP contribution in [-0.2, 0) is 11.2 Å². The molecule has 2 saturated carbocycles. The molecule has 2 aromatic rings. The van der Waals surface area contributed by atoms with Crippen LogP contribution in [-0.4, -0.2) is 16.9 Å². The summed E-state index contributed by atoms with van der Waals surface area (Å²) in [5.74, 6) is 2.75. The Morgan fingerprint density at radius 1 is 1.33 bits per heavy atom. The predicted molar refractivity (Wildman–Crippen MR) is 99.1 cm³/mol. The van der Waals surface area contributed by atoms with Gasteiger partial charge in [-0.15, -0.1) is 11.3 Å². The normalized spacial score (nSPS) is 26.8. The fraction of sp³-hybridized carbons (Fsp3) is 0.600. The summed E-state index contributed by atoms with van der Waals surface area (Å²) in [6, 6.07) is 8.58. The number of benzene rings is 1. The van der Waals surface area contributed by atoms with E-state index in [0.717, 1.165) is 41.1 Å². The Kier molecular flexibility index (Phi) is 4.57. The van der Waals surface area contributed by atoms with Crippen LogP contribution in [0.3, 0.4) is 0 Å². The molecule has 4 atom stereocenters. The number of carbonyl (C=O) groups excluding carboxylic acids is 1. The molecule has 2 aliphatic carbocycles. The summed E-state index contributed by atoms with van der Waals surface area (Å²) in [5.41, 5.74) is 1.08. The van der Waals surface area contributed by atoms with Gasteiger partial charge in [-0.25, -0.2) is 4.98 Å². The molecule has 1 aromatic carbocycles. The maximum Gasteiger partial charge on any atom is 0.220 e. The van der Waals surface area contributed by atoms with Gasteiger partial charge in [0, 0.05) is 12.5 Å². The fourth-order valence-electron chi connectivity index (χ4n) is 4.77. The highest BCUT2D eigenvalue weighted by Gasteiger charge is 2.42. The highest BCUT2D eigenvalue weighted by Crippen LogP contribution is 2.49. The number of aryl methyl sites for hydroxylation is 1. The number of nitrogens with one attached hydrogen (secondary N) is 1. The van der Waals surface area contributed by atoms with Gasteiger partial charge >= 0.3 is 0 Å². The van der Waals surface area contributed by atoms with Gasteiger partial charge in [0.15, 0.2) is 0 Å². The zero-order chi connectivity index (χ0) is 16.5. The van der Waals surface area contributed by atoms with E-state index in [2.05, 4.69) is 35.4 Å². The van der Waals surface area contributed by atoms with Crippen molar-refractivity contribution < 1.29 is 4.79 Å². The van der Waals surface area contributed by atoms with E-state index in [4.69, 9.17) is 0 Å². The summed E-state index contributed by atoms with van der Waals surface area (Å²) in [7, 11) is 0. The smallest absolute Gasteiger partial charge is 0.220 e. The third-order valence-electron chi connectivity index (χ3n) is 5.96. The second-order valence-electron chi connectivity index (χ2n) is 7.62. The van der Waals surface area contributed by atoms with Gasteiger partial charge in [0.1, 0.15) is 0 Å². The Hall–Kier alpha value is -1.42. The molecule has 4 heteroatoms. The first-order valence-corrected chi connectivity index (χ1v) is 10.1. The summed E-state index contributed by atoms with van der Waals surface area (Å²) in [5, 5.41) is 4.41. The molecule has 24 heavy (non-hydrogen) atoms. The van der Waals surface area contributed by atoms with E-state index in [-0.39, 0.29) is 5.91 Å². The minimum atomic E-state index is 0.214. The second kappa shape index (κ2) is 6.83. The lowest BCUT2D eigenvalue weighted by atomic mass is 9.84. The van der Waals surface area contributed by atoms with E-state index < -0.39 is 0 Å². The number of hydrogen-bond acceptors (Lipinski definition) is 3. The molecule has 1 aromatic heterocycles. The maximum atomic E-state index is 12.3. The van der Waals surface area contributed by atoms with Gasteiger partial charge in [-0.05, 0) is 68.9 Å². The van der Waals surface area contributed by atoms with Crippen molar-refractivity contribution >= 4 is 27.5 Å². The number of amides is 1. The van der Waals surface area contributed by atoms with Crippen molar-refractivity contribution in [3.05, 3.63) is 29.3 Å². The standard InChI is InChI=1S/C20H26N2OS/c1-13(16-12-14-9-10-15(16)11-14)21-19(23)7-4-8-20-22-17-5-2-3-6-18(17)24-20/h2-3,5-6,13-16H,4,7-12H2,1H3,(H,21,23). The fourth-order valence-corrected chi connectivity index (χ4v) is 5.78. The number of rotatable bonds is 6. The Labute approximate surface area is 147 Å². The molecular weight excluding hydrogens is 316 g/mol. The zero-order valence-electron chi connectivity index (χ0n) is 14.3. The minimum Gasteiger partial charge on any atom is -0.353 e. The summed E-state index contributed by atoms with van der Waals surface area (Å²) < 4.78 is 1.24. The molecule has 1 heterocycles. The molecule has 1 N–H and O–H groups in total. The van der Waals surface area contributed by atoms with E-state index >= 15 is 0 Å². The highest BCUT2D eigenvalue weighted by molar-refractivity contribution is 7.18. The van der Waals surface area contributed by atoms with Crippen molar-refractivity contribution in [3.8, 4) is 0 Å². The lowest BCUT2D eigenvalue weighted by Gasteiger charge is -2.28. The van der Waals surface area contributed by atoms with Crippen LogP contribution in [0.15, 0.2) is 24.3 Å². The third kappa shape index (κ3) is 3.34. The largest absolute Gasteiger partial charge is 0.353 e. The molecule has 0 spiro atoms. The average Bonchev–Trinajstić information content (AvgIpc) is 3.29. The van der Waals surface area contributed by atoms with Crippen LogP contribution in [0, 0.1) is 17.8 Å². The number of thiazole rings is 1.